The molecule has 0 unspecified atom stereocenters. The van der Waals surface area contributed by atoms with Crippen LogP contribution in [0.4, 0.5) is 0 Å². The van der Waals surface area contributed by atoms with Crippen LogP contribution in [0.5, 0.6) is 11.5 Å². The molecule has 7 nitrogen and oxygen atoms in total. The Morgan fingerprint density at radius 2 is 2.06 bits per heavy atom. The van der Waals surface area contributed by atoms with Crippen molar-refractivity contribution in [2.45, 2.75) is 13.0 Å². The average molecular weight is 248 g/mol. The molecular weight excluding hydrogens is 236 g/mol. The molecule has 0 radical (unpaired) electrons. The lowest BCUT2D eigenvalue weighted by atomic mass is 10.2. The fourth-order valence-corrected chi connectivity index (χ4v) is 1.79. The van der Waals surface area contributed by atoms with Crippen molar-refractivity contribution in [2.75, 3.05) is 13.2 Å². The minimum Gasteiger partial charge on any atom is -0.490 e. The minimum atomic E-state index is -0.221. The van der Waals surface area contributed by atoms with Gasteiger partial charge in [-0.15, -0.1) is 5.10 Å². The highest BCUT2D eigenvalue weighted by molar-refractivity contribution is 5.48. The summed E-state index contributed by atoms with van der Waals surface area (Å²) in [5, 5.41) is 20.2. The molecule has 0 bridgehead atoms. The van der Waals surface area contributed by atoms with E-state index in [0.717, 1.165) is 17.9 Å². The predicted octanol–water partition coefficient (Wildman–Crippen LogP) is 0.316. The number of aliphatic hydroxyl groups is 1. The molecule has 0 aliphatic carbocycles. The van der Waals surface area contributed by atoms with Crippen molar-refractivity contribution in [1.82, 2.24) is 20.2 Å². The summed E-state index contributed by atoms with van der Waals surface area (Å²) in [6.45, 7) is 1.06. The van der Waals surface area contributed by atoms with Crippen molar-refractivity contribution >= 4 is 0 Å². The quantitative estimate of drug-likeness (QED) is 0.824. The van der Waals surface area contributed by atoms with Crippen LogP contribution in [0.15, 0.2) is 18.2 Å². The lowest BCUT2D eigenvalue weighted by molar-refractivity contribution is 0.268. The zero-order valence-corrected chi connectivity index (χ0v) is 9.61. The first-order valence-electron chi connectivity index (χ1n) is 5.66. The van der Waals surface area contributed by atoms with Gasteiger partial charge in [-0.05, 0) is 22.6 Å². The van der Waals surface area contributed by atoms with Gasteiger partial charge in [0.2, 0.25) is 0 Å². The standard InChI is InChI=1S/C11H12N4O3/c16-7-11-12-13-14-15(11)8-2-3-9-10(6-8)18-5-1-4-17-9/h2-3,6,16H,1,4-5,7H2. The molecule has 1 aromatic carbocycles. The van der Waals surface area contributed by atoms with E-state index >= 15 is 0 Å². The zero-order valence-electron chi connectivity index (χ0n) is 9.61. The first-order chi connectivity index (χ1) is 8.88. The normalized spacial score (nSPS) is 14.3. The SMILES string of the molecule is OCc1nnnn1-c1ccc2c(c1)OCCCO2. The second kappa shape index (κ2) is 4.61. The maximum atomic E-state index is 9.13. The largest absolute Gasteiger partial charge is 0.490 e. The molecule has 94 valence electrons. The van der Waals surface area contributed by atoms with Crippen molar-refractivity contribution in [3.8, 4) is 17.2 Å². The Kier molecular flexibility index (Phi) is 2.81. The summed E-state index contributed by atoms with van der Waals surface area (Å²) in [6, 6.07) is 5.44. The van der Waals surface area contributed by atoms with E-state index in [2.05, 4.69) is 15.5 Å². The molecule has 0 fully saturated rings. The van der Waals surface area contributed by atoms with Gasteiger partial charge in [-0.1, -0.05) is 0 Å². The molecule has 2 aromatic rings. The van der Waals surface area contributed by atoms with Gasteiger partial charge in [0.25, 0.3) is 0 Å². The number of benzene rings is 1. The Morgan fingerprint density at radius 3 is 2.89 bits per heavy atom. The maximum absolute atomic E-state index is 9.13. The number of nitrogens with zero attached hydrogens (tertiary/aromatic N) is 4. The third kappa shape index (κ3) is 1.88. The van der Waals surface area contributed by atoms with Crippen LogP contribution >= 0.6 is 0 Å². The smallest absolute Gasteiger partial charge is 0.182 e. The monoisotopic (exact) mass is 248 g/mol. The summed E-state index contributed by atoms with van der Waals surface area (Å²) in [5.74, 6) is 1.77. The first-order valence-corrected chi connectivity index (χ1v) is 5.66. The molecule has 18 heavy (non-hydrogen) atoms. The number of rotatable bonds is 2. The summed E-state index contributed by atoms with van der Waals surface area (Å²) in [4.78, 5) is 0. The molecule has 0 saturated carbocycles. The third-order valence-electron chi connectivity index (χ3n) is 2.65. The average Bonchev–Trinajstić information content (AvgIpc) is 2.76. The first kappa shape index (κ1) is 11.0. The van der Waals surface area contributed by atoms with Crippen LogP contribution in [0.3, 0.4) is 0 Å². The summed E-state index contributed by atoms with van der Waals surface area (Å²) in [7, 11) is 0. The fraction of sp³-hybridized carbons (Fsp3) is 0.364. The molecular formula is C11H12N4O3. The molecule has 2 heterocycles. The van der Waals surface area contributed by atoms with E-state index in [1.165, 1.54) is 4.68 Å². The van der Waals surface area contributed by atoms with E-state index in [0.29, 0.717) is 24.8 Å². The van der Waals surface area contributed by atoms with E-state index < -0.39 is 0 Å². The molecule has 0 spiro atoms. The second-order valence-electron chi connectivity index (χ2n) is 3.85. The number of ether oxygens (including phenoxy) is 2. The van der Waals surface area contributed by atoms with E-state index in [-0.39, 0.29) is 6.61 Å². The second-order valence-corrected chi connectivity index (χ2v) is 3.85. The predicted molar refractivity (Wildman–Crippen MR) is 60.7 cm³/mol. The summed E-state index contributed by atoms with van der Waals surface area (Å²) in [5.41, 5.74) is 0.730. The molecule has 1 aliphatic rings. The highest BCUT2D eigenvalue weighted by Gasteiger charge is 2.13. The van der Waals surface area contributed by atoms with E-state index in [1.54, 1.807) is 6.07 Å². The molecule has 0 amide bonds. The topological polar surface area (TPSA) is 82.3 Å². The van der Waals surface area contributed by atoms with Crippen molar-refractivity contribution in [2.24, 2.45) is 0 Å². The number of aromatic nitrogens is 4. The Balaban J connectivity index is 2.01. The van der Waals surface area contributed by atoms with Crippen LogP contribution in [-0.2, 0) is 6.61 Å². The molecule has 0 atom stereocenters. The Bertz CT molecular complexity index is 555. The van der Waals surface area contributed by atoms with Crippen LogP contribution in [0.1, 0.15) is 12.2 Å². The van der Waals surface area contributed by atoms with Crippen LogP contribution in [0.25, 0.3) is 5.69 Å². The number of tetrazole rings is 1. The number of fused-ring (bicyclic) bond motifs is 1. The van der Waals surface area contributed by atoms with Gasteiger partial charge in [0.05, 0.1) is 18.9 Å². The summed E-state index contributed by atoms with van der Waals surface area (Å²) < 4.78 is 12.6. The van der Waals surface area contributed by atoms with Crippen molar-refractivity contribution in [1.29, 1.82) is 0 Å². The van der Waals surface area contributed by atoms with Gasteiger partial charge in [0.1, 0.15) is 6.61 Å². The van der Waals surface area contributed by atoms with E-state index in [4.69, 9.17) is 14.6 Å². The van der Waals surface area contributed by atoms with Crippen LogP contribution in [0, 0.1) is 0 Å². The van der Waals surface area contributed by atoms with Crippen molar-refractivity contribution in [3.05, 3.63) is 24.0 Å². The Labute approximate surface area is 103 Å². The lowest BCUT2D eigenvalue weighted by Gasteiger charge is -2.09. The third-order valence-corrected chi connectivity index (χ3v) is 2.65. The van der Waals surface area contributed by atoms with E-state index in [9.17, 15) is 0 Å². The van der Waals surface area contributed by atoms with Gasteiger partial charge in [-0.3, -0.25) is 0 Å². The van der Waals surface area contributed by atoms with Crippen molar-refractivity contribution in [3.63, 3.8) is 0 Å². The highest BCUT2D eigenvalue weighted by Crippen LogP contribution is 2.31. The summed E-state index contributed by atoms with van der Waals surface area (Å²) in [6.07, 6.45) is 0.858. The summed E-state index contributed by atoms with van der Waals surface area (Å²) >= 11 is 0. The van der Waals surface area contributed by atoms with Gasteiger partial charge in [0.15, 0.2) is 17.3 Å². The number of aliphatic hydroxyl groups excluding tert-OH is 1. The van der Waals surface area contributed by atoms with Gasteiger partial charge in [0, 0.05) is 12.5 Å². The van der Waals surface area contributed by atoms with E-state index in [1.807, 2.05) is 12.1 Å². The number of hydrogen-bond donors (Lipinski definition) is 1. The van der Waals surface area contributed by atoms with Crippen LogP contribution in [-0.4, -0.2) is 38.5 Å². The lowest BCUT2D eigenvalue weighted by Crippen LogP contribution is -2.03. The van der Waals surface area contributed by atoms with Gasteiger partial charge in [-0.2, -0.15) is 4.68 Å². The molecule has 0 saturated heterocycles. The molecule has 1 aromatic heterocycles. The van der Waals surface area contributed by atoms with Crippen LogP contribution < -0.4 is 9.47 Å². The zero-order chi connectivity index (χ0) is 12.4. The molecule has 7 heteroatoms. The maximum Gasteiger partial charge on any atom is 0.182 e. The molecule has 3 rings (SSSR count). The van der Waals surface area contributed by atoms with Gasteiger partial charge < -0.3 is 14.6 Å². The van der Waals surface area contributed by atoms with Crippen LogP contribution in [0.2, 0.25) is 0 Å². The fourth-order valence-electron chi connectivity index (χ4n) is 1.79. The Morgan fingerprint density at radius 1 is 1.22 bits per heavy atom. The highest BCUT2D eigenvalue weighted by atomic mass is 16.5. The number of hydrogen-bond acceptors (Lipinski definition) is 6. The van der Waals surface area contributed by atoms with Gasteiger partial charge >= 0.3 is 0 Å². The Hall–Kier alpha value is -2.15. The minimum absolute atomic E-state index is 0.221. The molecule has 1 aliphatic heterocycles. The van der Waals surface area contributed by atoms with Gasteiger partial charge in [-0.25, -0.2) is 0 Å². The van der Waals surface area contributed by atoms with Crippen molar-refractivity contribution < 1.29 is 14.6 Å². The molecule has 1 N–H and O–H groups in total.